The molecule has 7 nitrogen and oxygen atoms in total. The highest BCUT2D eigenvalue weighted by atomic mass is 35.5. The highest BCUT2D eigenvalue weighted by Crippen LogP contribution is 2.28. The standard InChI is InChI=1S/C19H21ClN2O5/c1-4-27-16-7-5-12(10-17(16)26-3)19(24)22-21-18(23)11-13-9-14(20)6-8-15(13)25-2/h5-10H,4,11H2,1-3H3,(H,21,23)(H,22,24). The Hall–Kier alpha value is -2.93. The average molecular weight is 393 g/mol. The van der Waals surface area contributed by atoms with Crippen LogP contribution in [-0.2, 0) is 11.2 Å². The van der Waals surface area contributed by atoms with E-state index < -0.39 is 11.8 Å². The van der Waals surface area contributed by atoms with Gasteiger partial charge in [-0.25, -0.2) is 0 Å². The lowest BCUT2D eigenvalue weighted by Crippen LogP contribution is -2.42. The molecule has 0 heterocycles. The second-order valence-electron chi connectivity index (χ2n) is 5.43. The van der Waals surface area contributed by atoms with Crippen LogP contribution < -0.4 is 25.1 Å². The highest BCUT2D eigenvalue weighted by molar-refractivity contribution is 6.30. The van der Waals surface area contributed by atoms with Gasteiger partial charge in [-0.15, -0.1) is 0 Å². The Kier molecular flexibility index (Phi) is 7.31. The predicted molar refractivity (Wildman–Crippen MR) is 101 cm³/mol. The molecule has 2 rings (SSSR count). The first-order valence-corrected chi connectivity index (χ1v) is 8.58. The monoisotopic (exact) mass is 392 g/mol. The zero-order valence-electron chi connectivity index (χ0n) is 15.3. The maximum Gasteiger partial charge on any atom is 0.269 e. The lowest BCUT2D eigenvalue weighted by molar-refractivity contribution is -0.121. The minimum absolute atomic E-state index is 0.00336. The summed E-state index contributed by atoms with van der Waals surface area (Å²) in [5.41, 5.74) is 5.66. The second-order valence-corrected chi connectivity index (χ2v) is 5.87. The SMILES string of the molecule is CCOc1ccc(C(=O)NNC(=O)Cc2cc(Cl)ccc2OC)cc1OC. The molecule has 2 N–H and O–H groups in total. The van der Waals surface area contributed by atoms with E-state index in [-0.39, 0.29) is 6.42 Å². The number of hydrogen-bond donors (Lipinski definition) is 2. The molecule has 0 atom stereocenters. The lowest BCUT2D eigenvalue weighted by atomic mass is 10.1. The van der Waals surface area contributed by atoms with Crippen LogP contribution in [0.1, 0.15) is 22.8 Å². The summed E-state index contributed by atoms with van der Waals surface area (Å²) in [6.45, 7) is 2.33. The summed E-state index contributed by atoms with van der Waals surface area (Å²) in [7, 11) is 2.99. The number of halogens is 1. The number of amides is 2. The van der Waals surface area contributed by atoms with Crippen LogP contribution >= 0.6 is 11.6 Å². The van der Waals surface area contributed by atoms with Crippen molar-refractivity contribution in [2.24, 2.45) is 0 Å². The van der Waals surface area contributed by atoms with Crippen LogP contribution in [0, 0.1) is 0 Å². The summed E-state index contributed by atoms with van der Waals surface area (Å²) in [6.07, 6.45) is -0.00336. The molecule has 27 heavy (non-hydrogen) atoms. The molecule has 0 bridgehead atoms. The fraction of sp³-hybridized carbons (Fsp3) is 0.263. The number of rotatable bonds is 7. The smallest absolute Gasteiger partial charge is 0.269 e. The Labute approximate surface area is 162 Å². The second kappa shape index (κ2) is 9.68. The van der Waals surface area contributed by atoms with Crippen LogP contribution in [0.25, 0.3) is 0 Å². The molecule has 8 heteroatoms. The first-order valence-electron chi connectivity index (χ1n) is 8.21. The van der Waals surface area contributed by atoms with Gasteiger partial charge in [0.2, 0.25) is 5.91 Å². The van der Waals surface area contributed by atoms with E-state index in [1.165, 1.54) is 20.3 Å². The number of ether oxygens (including phenoxy) is 3. The third kappa shape index (κ3) is 5.52. The van der Waals surface area contributed by atoms with Gasteiger partial charge >= 0.3 is 0 Å². The summed E-state index contributed by atoms with van der Waals surface area (Å²) in [6, 6.07) is 9.73. The van der Waals surface area contributed by atoms with Gasteiger partial charge in [-0.3, -0.25) is 20.4 Å². The first-order chi connectivity index (χ1) is 13.0. The van der Waals surface area contributed by atoms with Crippen molar-refractivity contribution in [3.8, 4) is 17.2 Å². The number of hydrogen-bond acceptors (Lipinski definition) is 5. The van der Waals surface area contributed by atoms with E-state index in [4.69, 9.17) is 25.8 Å². The third-order valence-electron chi connectivity index (χ3n) is 3.63. The molecular formula is C19H21ClN2O5. The van der Waals surface area contributed by atoms with Crippen LogP contribution in [0.4, 0.5) is 0 Å². The largest absolute Gasteiger partial charge is 0.496 e. The normalized spacial score (nSPS) is 10.1. The third-order valence-corrected chi connectivity index (χ3v) is 3.87. The van der Waals surface area contributed by atoms with Crippen molar-refractivity contribution in [1.82, 2.24) is 10.9 Å². The van der Waals surface area contributed by atoms with Gasteiger partial charge in [0.05, 0.1) is 27.2 Å². The maximum absolute atomic E-state index is 12.2. The van der Waals surface area contributed by atoms with Crippen molar-refractivity contribution in [1.29, 1.82) is 0 Å². The van der Waals surface area contributed by atoms with Gasteiger partial charge in [-0.1, -0.05) is 11.6 Å². The average Bonchev–Trinajstić information content (AvgIpc) is 2.66. The topological polar surface area (TPSA) is 85.9 Å². The Morgan fingerprint density at radius 1 is 0.963 bits per heavy atom. The number of carbonyl (C=O) groups excluding carboxylic acids is 2. The van der Waals surface area contributed by atoms with Crippen molar-refractivity contribution in [2.75, 3.05) is 20.8 Å². The molecule has 0 spiro atoms. The number of carbonyl (C=O) groups is 2. The summed E-state index contributed by atoms with van der Waals surface area (Å²) in [5.74, 6) is 0.606. The van der Waals surface area contributed by atoms with E-state index in [1.54, 1.807) is 30.3 Å². The van der Waals surface area contributed by atoms with Gasteiger partial charge < -0.3 is 14.2 Å². The molecule has 144 valence electrons. The number of methoxy groups -OCH3 is 2. The van der Waals surface area contributed by atoms with Crippen LogP contribution in [0.2, 0.25) is 5.02 Å². The van der Waals surface area contributed by atoms with Gasteiger partial charge in [0, 0.05) is 16.1 Å². The quantitative estimate of drug-likeness (QED) is 0.707. The van der Waals surface area contributed by atoms with Crippen LogP contribution in [0.3, 0.4) is 0 Å². The van der Waals surface area contributed by atoms with E-state index in [0.29, 0.717) is 40.0 Å². The summed E-state index contributed by atoms with van der Waals surface area (Å²) in [4.78, 5) is 24.4. The minimum Gasteiger partial charge on any atom is -0.496 e. The van der Waals surface area contributed by atoms with Crippen molar-refractivity contribution in [2.45, 2.75) is 13.3 Å². The van der Waals surface area contributed by atoms with Crippen molar-refractivity contribution < 1.29 is 23.8 Å². The van der Waals surface area contributed by atoms with E-state index >= 15 is 0 Å². The maximum atomic E-state index is 12.2. The molecule has 0 aliphatic rings. The van der Waals surface area contributed by atoms with E-state index in [9.17, 15) is 9.59 Å². The molecule has 2 aromatic carbocycles. The predicted octanol–water partition coefficient (Wildman–Crippen LogP) is 2.76. The van der Waals surface area contributed by atoms with Gasteiger partial charge in [-0.2, -0.15) is 0 Å². The molecule has 0 aliphatic heterocycles. The molecule has 0 saturated heterocycles. The molecule has 0 saturated carbocycles. The summed E-state index contributed by atoms with van der Waals surface area (Å²) in [5, 5.41) is 0.490. The molecule has 0 aromatic heterocycles. The van der Waals surface area contributed by atoms with Crippen LogP contribution in [0.5, 0.6) is 17.2 Å². The van der Waals surface area contributed by atoms with Crippen molar-refractivity contribution in [3.63, 3.8) is 0 Å². The Balaban J connectivity index is 1.99. The summed E-state index contributed by atoms with van der Waals surface area (Å²) < 4.78 is 15.8. The van der Waals surface area contributed by atoms with Gasteiger partial charge in [0.15, 0.2) is 11.5 Å². The fourth-order valence-corrected chi connectivity index (χ4v) is 2.58. The molecule has 0 aliphatic carbocycles. The first kappa shape index (κ1) is 20.4. The zero-order valence-corrected chi connectivity index (χ0v) is 16.1. The van der Waals surface area contributed by atoms with E-state index in [2.05, 4.69) is 10.9 Å². The minimum atomic E-state index is -0.484. The summed E-state index contributed by atoms with van der Waals surface area (Å²) >= 11 is 5.95. The Morgan fingerprint density at radius 2 is 1.67 bits per heavy atom. The number of hydrazine groups is 1. The van der Waals surface area contributed by atoms with E-state index in [0.717, 1.165) is 0 Å². The lowest BCUT2D eigenvalue weighted by Gasteiger charge is -2.12. The van der Waals surface area contributed by atoms with E-state index in [1.807, 2.05) is 6.92 Å². The van der Waals surface area contributed by atoms with Crippen LogP contribution in [-0.4, -0.2) is 32.6 Å². The van der Waals surface area contributed by atoms with Crippen molar-refractivity contribution >= 4 is 23.4 Å². The molecule has 0 unspecified atom stereocenters. The Bertz CT molecular complexity index is 826. The molecule has 0 fully saturated rings. The van der Waals surface area contributed by atoms with Crippen molar-refractivity contribution in [3.05, 3.63) is 52.5 Å². The highest BCUT2D eigenvalue weighted by Gasteiger charge is 2.13. The molecular weight excluding hydrogens is 372 g/mol. The number of benzene rings is 2. The van der Waals surface area contributed by atoms with Crippen LogP contribution in [0.15, 0.2) is 36.4 Å². The molecule has 0 radical (unpaired) electrons. The van der Waals surface area contributed by atoms with Gasteiger partial charge in [-0.05, 0) is 43.3 Å². The molecule has 2 aromatic rings. The van der Waals surface area contributed by atoms with Gasteiger partial charge in [0.1, 0.15) is 5.75 Å². The number of nitrogens with one attached hydrogen (secondary N) is 2. The molecule has 2 amide bonds. The zero-order chi connectivity index (χ0) is 19.8. The fourth-order valence-electron chi connectivity index (χ4n) is 2.38. The Morgan fingerprint density at radius 3 is 2.33 bits per heavy atom. The van der Waals surface area contributed by atoms with Gasteiger partial charge in [0.25, 0.3) is 5.91 Å².